The largest absolute Gasteiger partial charge is 0.457 e. The maximum Gasteiger partial charge on any atom is 0.344 e. The molecular weight excluding hydrogens is 440 g/mol. The predicted molar refractivity (Wildman–Crippen MR) is 136 cm³/mol. The third-order valence-electron chi connectivity index (χ3n) is 11.0. The average Bonchev–Trinajstić information content (AvgIpc) is 3.12. The van der Waals surface area contributed by atoms with Crippen LogP contribution in [-0.4, -0.2) is 35.4 Å². The Kier molecular flexibility index (Phi) is 7.69. The Bertz CT molecular complexity index is 786. The third-order valence-corrected chi connectivity index (χ3v) is 11.0. The Labute approximate surface area is 213 Å². The van der Waals surface area contributed by atoms with E-state index in [2.05, 4.69) is 20.8 Å². The molecule has 0 radical (unpaired) electrons. The van der Waals surface area contributed by atoms with Crippen molar-refractivity contribution in [1.29, 1.82) is 0 Å². The van der Waals surface area contributed by atoms with E-state index in [1.807, 2.05) is 20.8 Å². The van der Waals surface area contributed by atoms with Gasteiger partial charge in [-0.1, -0.05) is 20.8 Å². The molecule has 0 aromatic carbocycles. The third kappa shape index (κ3) is 5.45. The van der Waals surface area contributed by atoms with Crippen LogP contribution in [0.1, 0.15) is 112 Å². The minimum Gasteiger partial charge on any atom is -0.457 e. The zero-order valence-corrected chi connectivity index (χ0v) is 23.1. The monoisotopic (exact) mass is 490 g/mol. The number of hydrogen-bond donors (Lipinski definition) is 1. The Morgan fingerprint density at radius 3 is 2.34 bits per heavy atom. The number of ether oxygens (including phenoxy) is 2. The smallest absolute Gasteiger partial charge is 0.344 e. The van der Waals surface area contributed by atoms with Crippen LogP contribution in [0.25, 0.3) is 0 Å². The number of carbonyl (C=O) groups excluding carboxylic acids is 2. The highest BCUT2D eigenvalue weighted by atomic mass is 16.6. The van der Waals surface area contributed by atoms with Gasteiger partial charge in [-0.3, -0.25) is 4.79 Å². The second-order valence-corrected chi connectivity index (χ2v) is 14.1. The van der Waals surface area contributed by atoms with Crippen LogP contribution in [0.2, 0.25) is 0 Å². The van der Waals surface area contributed by atoms with Crippen molar-refractivity contribution in [2.75, 3.05) is 6.61 Å². The molecule has 0 heterocycles. The van der Waals surface area contributed by atoms with Crippen LogP contribution in [0.4, 0.5) is 0 Å². The number of rotatable bonds is 6. The summed E-state index contributed by atoms with van der Waals surface area (Å²) in [6.07, 6.45) is 12.2. The standard InChI is InChI=1S/C30H50O5/c1-19(7-12-26(32)34-18-27(33)35-28(2,3)4)23-10-11-24-22-9-8-20-17-21(31)13-15-29(20,5)25(22)14-16-30(23,24)6/h19-25,31H,7-18H2,1-6H3/t19-,20?,21?,22+,23-,24+,25+,29+,30-/m1/s1. The van der Waals surface area contributed by atoms with Gasteiger partial charge < -0.3 is 14.6 Å². The highest BCUT2D eigenvalue weighted by Crippen LogP contribution is 2.68. The van der Waals surface area contributed by atoms with Crippen LogP contribution in [0.15, 0.2) is 0 Å². The SMILES string of the molecule is C[C@H](CCC(=O)OCC(=O)OC(C)(C)C)[C@H]1CC[C@H]2[C@@H]3CCC4CC(O)CC[C@]4(C)[C@H]3CC[C@]12C. The van der Waals surface area contributed by atoms with Crippen molar-refractivity contribution in [2.45, 2.75) is 124 Å². The fraction of sp³-hybridized carbons (Fsp3) is 0.933. The predicted octanol–water partition coefficient (Wildman–Crippen LogP) is 6.31. The van der Waals surface area contributed by atoms with E-state index in [0.29, 0.717) is 35.0 Å². The molecule has 0 saturated heterocycles. The fourth-order valence-corrected chi connectivity index (χ4v) is 9.34. The fourth-order valence-electron chi connectivity index (χ4n) is 9.34. The van der Waals surface area contributed by atoms with E-state index < -0.39 is 11.6 Å². The minimum atomic E-state index is -0.569. The summed E-state index contributed by atoms with van der Waals surface area (Å²) in [6.45, 7) is 12.6. The quantitative estimate of drug-likeness (QED) is 0.442. The van der Waals surface area contributed by atoms with Gasteiger partial charge in [0.05, 0.1) is 6.10 Å². The molecule has 0 aromatic rings. The summed E-state index contributed by atoms with van der Waals surface area (Å²) in [5.41, 5.74) is 0.226. The summed E-state index contributed by atoms with van der Waals surface area (Å²) >= 11 is 0. The van der Waals surface area contributed by atoms with Gasteiger partial charge in [0.1, 0.15) is 5.60 Å². The van der Waals surface area contributed by atoms with Gasteiger partial charge in [0.2, 0.25) is 0 Å². The van der Waals surface area contributed by atoms with Crippen LogP contribution >= 0.6 is 0 Å². The van der Waals surface area contributed by atoms with E-state index in [1.165, 1.54) is 44.9 Å². The number of carbonyl (C=O) groups is 2. The summed E-state index contributed by atoms with van der Waals surface area (Å²) in [4.78, 5) is 24.2. The van der Waals surface area contributed by atoms with E-state index in [0.717, 1.165) is 37.0 Å². The molecular formula is C30H50O5. The summed E-state index contributed by atoms with van der Waals surface area (Å²) in [7, 11) is 0. The zero-order valence-electron chi connectivity index (χ0n) is 23.1. The molecule has 4 aliphatic carbocycles. The number of esters is 2. The van der Waals surface area contributed by atoms with Gasteiger partial charge >= 0.3 is 11.9 Å². The van der Waals surface area contributed by atoms with Crippen molar-refractivity contribution in [3.05, 3.63) is 0 Å². The lowest BCUT2D eigenvalue weighted by Crippen LogP contribution is -2.54. The lowest BCUT2D eigenvalue weighted by Gasteiger charge is -2.61. The molecule has 35 heavy (non-hydrogen) atoms. The second kappa shape index (κ2) is 9.99. The number of aliphatic hydroxyl groups is 1. The highest BCUT2D eigenvalue weighted by molar-refractivity contribution is 5.76. The molecule has 0 bridgehead atoms. The lowest BCUT2D eigenvalue weighted by molar-refractivity contribution is -0.166. The van der Waals surface area contributed by atoms with Crippen LogP contribution in [-0.2, 0) is 19.1 Å². The van der Waals surface area contributed by atoms with Gasteiger partial charge in [0.15, 0.2) is 6.61 Å². The Balaban J connectivity index is 1.31. The normalized spacial score (nSPS) is 41.8. The van der Waals surface area contributed by atoms with Gasteiger partial charge in [0, 0.05) is 6.42 Å². The number of aliphatic hydroxyl groups excluding tert-OH is 1. The molecule has 5 heteroatoms. The highest BCUT2D eigenvalue weighted by Gasteiger charge is 2.60. The molecule has 5 nitrogen and oxygen atoms in total. The average molecular weight is 491 g/mol. The van der Waals surface area contributed by atoms with Crippen molar-refractivity contribution < 1.29 is 24.2 Å². The molecule has 200 valence electrons. The van der Waals surface area contributed by atoms with Crippen molar-refractivity contribution in [1.82, 2.24) is 0 Å². The maximum absolute atomic E-state index is 12.3. The van der Waals surface area contributed by atoms with Crippen LogP contribution in [0.5, 0.6) is 0 Å². The minimum absolute atomic E-state index is 0.0778. The Morgan fingerprint density at radius 1 is 0.943 bits per heavy atom. The van der Waals surface area contributed by atoms with Crippen LogP contribution in [0, 0.1) is 46.3 Å². The summed E-state index contributed by atoms with van der Waals surface area (Å²) in [5, 5.41) is 10.3. The first-order chi connectivity index (χ1) is 16.3. The maximum atomic E-state index is 12.3. The lowest BCUT2D eigenvalue weighted by atomic mass is 9.44. The van der Waals surface area contributed by atoms with E-state index in [4.69, 9.17) is 9.47 Å². The molecule has 4 fully saturated rings. The summed E-state index contributed by atoms with van der Waals surface area (Å²) in [5.74, 6) is 3.52. The van der Waals surface area contributed by atoms with Crippen molar-refractivity contribution >= 4 is 11.9 Å². The molecule has 2 unspecified atom stereocenters. The molecule has 4 rings (SSSR count). The van der Waals surface area contributed by atoms with E-state index in [1.54, 1.807) is 0 Å². The molecule has 0 amide bonds. The van der Waals surface area contributed by atoms with Gasteiger partial charge in [-0.2, -0.15) is 0 Å². The molecule has 1 N–H and O–H groups in total. The Morgan fingerprint density at radius 2 is 1.63 bits per heavy atom. The first-order valence-corrected chi connectivity index (χ1v) is 14.4. The summed E-state index contributed by atoms with van der Waals surface area (Å²) < 4.78 is 10.4. The summed E-state index contributed by atoms with van der Waals surface area (Å²) in [6, 6.07) is 0. The second-order valence-electron chi connectivity index (χ2n) is 14.1. The van der Waals surface area contributed by atoms with Crippen LogP contribution < -0.4 is 0 Å². The van der Waals surface area contributed by atoms with Crippen molar-refractivity contribution in [3.8, 4) is 0 Å². The van der Waals surface area contributed by atoms with Crippen molar-refractivity contribution in [2.24, 2.45) is 46.3 Å². The first kappa shape index (κ1) is 26.9. The zero-order chi connectivity index (χ0) is 25.6. The van der Waals surface area contributed by atoms with Gasteiger partial charge in [-0.25, -0.2) is 4.79 Å². The van der Waals surface area contributed by atoms with Gasteiger partial charge in [0.25, 0.3) is 0 Å². The Hall–Kier alpha value is -1.10. The molecule has 4 aliphatic rings. The molecule has 0 aromatic heterocycles. The van der Waals surface area contributed by atoms with E-state index >= 15 is 0 Å². The van der Waals surface area contributed by atoms with Crippen molar-refractivity contribution in [3.63, 3.8) is 0 Å². The van der Waals surface area contributed by atoms with Gasteiger partial charge in [-0.15, -0.1) is 0 Å². The number of hydrogen-bond acceptors (Lipinski definition) is 5. The van der Waals surface area contributed by atoms with Crippen LogP contribution in [0.3, 0.4) is 0 Å². The first-order valence-electron chi connectivity index (χ1n) is 14.4. The number of fused-ring (bicyclic) bond motifs is 5. The van der Waals surface area contributed by atoms with E-state index in [9.17, 15) is 14.7 Å². The molecule has 9 atom stereocenters. The molecule has 0 aliphatic heterocycles. The molecule has 4 saturated carbocycles. The van der Waals surface area contributed by atoms with E-state index in [-0.39, 0.29) is 18.7 Å². The topological polar surface area (TPSA) is 72.8 Å². The van der Waals surface area contributed by atoms with Gasteiger partial charge in [-0.05, 0) is 131 Å². The molecule has 0 spiro atoms.